The van der Waals surface area contributed by atoms with E-state index < -0.39 is 0 Å². The van der Waals surface area contributed by atoms with E-state index in [1.54, 1.807) is 0 Å². The van der Waals surface area contributed by atoms with Crippen molar-refractivity contribution in [1.82, 2.24) is 0 Å². The van der Waals surface area contributed by atoms with Crippen molar-refractivity contribution >= 4 is 0 Å². The minimum atomic E-state index is 0.523. The second-order valence-electron chi connectivity index (χ2n) is 21.0. The van der Waals surface area contributed by atoms with Crippen LogP contribution >= 0.6 is 0 Å². The summed E-state index contributed by atoms with van der Waals surface area (Å²) in [6.07, 6.45) is 48.1. The van der Waals surface area contributed by atoms with Crippen LogP contribution in [0.3, 0.4) is 0 Å². The second-order valence-corrected chi connectivity index (χ2v) is 21.0. The zero-order valence-corrected chi connectivity index (χ0v) is 40.1. The van der Waals surface area contributed by atoms with E-state index in [0.29, 0.717) is 21.7 Å². The Morgan fingerprint density at radius 3 is 0.808 bits per heavy atom. The van der Waals surface area contributed by atoms with Crippen molar-refractivity contribution < 1.29 is 0 Å². The molecule has 0 atom stereocenters. The molecule has 0 fully saturated rings. The predicted molar refractivity (Wildman–Crippen MR) is 248 cm³/mol. The molecule has 0 aromatic heterocycles. The van der Waals surface area contributed by atoms with Gasteiger partial charge in [0.2, 0.25) is 0 Å². The van der Waals surface area contributed by atoms with Crippen LogP contribution in [0.25, 0.3) is 0 Å². The van der Waals surface area contributed by atoms with Gasteiger partial charge in [0.25, 0.3) is 0 Å². The van der Waals surface area contributed by atoms with E-state index in [-0.39, 0.29) is 0 Å². The Morgan fingerprint density at radius 1 is 0.269 bits per heavy atom. The maximum Gasteiger partial charge on any atom is -0.0169 e. The molecule has 0 aliphatic heterocycles. The standard InChI is InChI=1S/C22H42.C16H34.C8H18.C6H14/c1-5-6-7-8-9-10-11-12-13-14-15-16-17-18-19-20-21-22(2,3)4;1-5-6-7-8-9-10-11-12-13-14-15-16(2,3)4;1-5-6-7-8(2,3)4;1-5-6(2,3)4/h9-10,12-13H,5-8,11,14-21H2,1-4H3;5-15H2,1-4H3;5-7H2,1-4H3;5H2,1-4H3/b10-9-,13-12-;;;. The Bertz CT molecular complexity index is 692. The first kappa shape index (κ1) is 58.2. The lowest BCUT2D eigenvalue weighted by Crippen LogP contribution is -2.03. The highest BCUT2D eigenvalue weighted by atomic mass is 14.2. The highest BCUT2D eigenvalue weighted by molar-refractivity contribution is 4.92. The number of hydrogen-bond donors (Lipinski definition) is 0. The van der Waals surface area contributed by atoms with Crippen LogP contribution in [-0.2, 0) is 0 Å². The minimum absolute atomic E-state index is 0.523. The summed E-state index contributed by atoms with van der Waals surface area (Å²) in [5.41, 5.74) is 2.16. The Morgan fingerprint density at radius 2 is 0.519 bits per heavy atom. The number of unbranched alkanes of at least 4 members (excludes halogenated alkanes) is 19. The largest absolute Gasteiger partial charge is 0.0882 e. The van der Waals surface area contributed by atoms with Crippen molar-refractivity contribution in [1.29, 1.82) is 0 Å². The highest BCUT2D eigenvalue weighted by Crippen LogP contribution is 2.24. The van der Waals surface area contributed by atoms with Gasteiger partial charge in [-0.3, -0.25) is 0 Å². The van der Waals surface area contributed by atoms with Crippen LogP contribution in [0.2, 0.25) is 0 Å². The second kappa shape index (κ2) is 40.2. The highest BCUT2D eigenvalue weighted by Gasteiger charge is 2.09. The molecule has 52 heavy (non-hydrogen) atoms. The Hall–Kier alpha value is -0.520. The van der Waals surface area contributed by atoms with Crippen LogP contribution in [-0.4, -0.2) is 0 Å². The van der Waals surface area contributed by atoms with Crippen molar-refractivity contribution in [3.63, 3.8) is 0 Å². The molecule has 0 nitrogen and oxygen atoms in total. The van der Waals surface area contributed by atoms with Crippen LogP contribution in [0.15, 0.2) is 24.3 Å². The molecule has 0 radical (unpaired) electrons. The Kier molecular flexibility index (Phi) is 44.9. The summed E-state index contributed by atoms with van der Waals surface area (Å²) in [6.45, 7) is 36.7. The molecule has 316 valence electrons. The predicted octanol–water partition coefficient (Wildman–Crippen LogP) is 20.2. The molecule has 0 bridgehead atoms. The maximum absolute atomic E-state index is 2.37. The van der Waals surface area contributed by atoms with Gasteiger partial charge in [0.1, 0.15) is 0 Å². The van der Waals surface area contributed by atoms with Crippen molar-refractivity contribution in [2.45, 2.75) is 291 Å². The van der Waals surface area contributed by atoms with Gasteiger partial charge in [-0.25, -0.2) is 0 Å². The van der Waals surface area contributed by atoms with Crippen LogP contribution in [0.4, 0.5) is 0 Å². The normalized spacial score (nSPS) is 12.3. The average molecular weight is 733 g/mol. The molecule has 0 heterocycles. The third kappa shape index (κ3) is 74.6. The maximum atomic E-state index is 2.37. The molecular formula is C52H108. The zero-order chi connectivity index (χ0) is 40.6. The van der Waals surface area contributed by atoms with Gasteiger partial charge < -0.3 is 0 Å². The quantitative estimate of drug-likeness (QED) is 0.0613. The van der Waals surface area contributed by atoms with Gasteiger partial charge in [0.15, 0.2) is 0 Å². The van der Waals surface area contributed by atoms with E-state index in [1.165, 1.54) is 173 Å². The van der Waals surface area contributed by atoms with Gasteiger partial charge in [0, 0.05) is 0 Å². The molecule has 0 aromatic rings. The molecule has 0 aromatic carbocycles. The third-order valence-electron chi connectivity index (χ3n) is 9.75. The van der Waals surface area contributed by atoms with E-state index >= 15 is 0 Å². The molecule has 0 aliphatic rings. The fourth-order valence-corrected chi connectivity index (χ4v) is 5.49. The van der Waals surface area contributed by atoms with Gasteiger partial charge in [-0.2, -0.15) is 0 Å². The smallest absolute Gasteiger partial charge is 0.0169 e. The molecule has 0 unspecified atom stereocenters. The van der Waals surface area contributed by atoms with Crippen molar-refractivity contribution in [3.8, 4) is 0 Å². The summed E-state index contributed by atoms with van der Waals surface area (Å²) in [6, 6.07) is 0. The lowest BCUT2D eigenvalue weighted by atomic mass is 9.89. The Balaban J connectivity index is -0.000000332. The molecule has 0 N–H and O–H groups in total. The van der Waals surface area contributed by atoms with Crippen LogP contribution in [0.5, 0.6) is 0 Å². The molecule has 0 saturated heterocycles. The van der Waals surface area contributed by atoms with Gasteiger partial charge in [-0.1, -0.05) is 264 Å². The fraction of sp³-hybridized carbons (Fsp3) is 0.923. The van der Waals surface area contributed by atoms with Crippen molar-refractivity contribution in [2.75, 3.05) is 0 Å². The van der Waals surface area contributed by atoms with E-state index in [9.17, 15) is 0 Å². The summed E-state index contributed by atoms with van der Waals surface area (Å²) >= 11 is 0. The molecule has 0 heteroatoms. The molecule has 0 spiro atoms. The van der Waals surface area contributed by atoms with Crippen LogP contribution in [0, 0.1) is 21.7 Å². The van der Waals surface area contributed by atoms with E-state index in [2.05, 4.69) is 135 Å². The number of allylic oxidation sites excluding steroid dienone is 4. The van der Waals surface area contributed by atoms with Gasteiger partial charge in [-0.15, -0.1) is 0 Å². The van der Waals surface area contributed by atoms with Gasteiger partial charge in [0.05, 0.1) is 0 Å². The summed E-state index contributed by atoms with van der Waals surface area (Å²) in [5, 5.41) is 0. The molecule has 0 saturated carbocycles. The first-order chi connectivity index (χ1) is 24.2. The Labute approximate surface area is 335 Å². The minimum Gasteiger partial charge on any atom is -0.0882 e. The third-order valence-corrected chi connectivity index (χ3v) is 9.75. The molecule has 0 amide bonds. The lowest BCUT2D eigenvalue weighted by Gasteiger charge is -2.17. The van der Waals surface area contributed by atoms with Crippen LogP contribution < -0.4 is 0 Å². The van der Waals surface area contributed by atoms with Crippen LogP contribution in [0.1, 0.15) is 291 Å². The van der Waals surface area contributed by atoms with Crippen molar-refractivity contribution in [2.24, 2.45) is 21.7 Å². The van der Waals surface area contributed by atoms with E-state index in [4.69, 9.17) is 0 Å². The van der Waals surface area contributed by atoms with Gasteiger partial charge in [-0.05, 0) is 73.0 Å². The summed E-state index contributed by atoms with van der Waals surface area (Å²) < 4.78 is 0. The topological polar surface area (TPSA) is 0 Å². The number of hydrogen-bond acceptors (Lipinski definition) is 0. The summed E-state index contributed by atoms with van der Waals surface area (Å²) in [7, 11) is 0. The monoisotopic (exact) mass is 733 g/mol. The fourth-order valence-electron chi connectivity index (χ4n) is 5.49. The van der Waals surface area contributed by atoms with E-state index in [1.807, 2.05) is 0 Å². The number of rotatable bonds is 26. The van der Waals surface area contributed by atoms with E-state index in [0.717, 1.165) is 6.42 Å². The van der Waals surface area contributed by atoms with Crippen molar-refractivity contribution in [3.05, 3.63) is 24.3 Å². The average Bonchev–Trinajstić information content (AvgIpc) is 3.03. The lowest BCUT2D eigenvalue weighted by molar-refractivity contribution is 0.356. The first-order valence-corrected chi connectivity index (χ1v) is 23.5. The first-order valence-electron chi connectivity index (χ1n) is 23.5. The summed E-state index contributed by atoms with van der Waals surface area (Å²) in [4.78, 5) is 0. The molecular weight excluding hydrogens is 625 g/mol. The summed E-state index contributed by atoms with van der Waals surface area (Å²) in [5.74, 6) is 0. The zero-order valence-electron chi connectivity index (χ0n) is 40.1. The van der Waals surface area contributed by atoms with Gasteiger partial charge >= 0.3 is 0 Å². The molecule has 0 rings (SSSR count). The SMILES string of the molecule is CCC(C)(C)C.CCCCC(C)(C)C.CCCCC/C=C\C/C=C\CCCCCCCCC(C)(C)C.CCCCCCCCCCCCC(C)(C)C. The molecule has 0 aliphatic carbocycles.